The van der Waals surface area contributed by atoms with Crippen molar-refractivity contribution in [3.8, 4) is 11.3 Å². The average Bonchev–Trinajstić information content (AvgIpc) is 3.16. The topological polar surface area (TPSA) is 96.5 Å². The van der Waals surface area contributed by atoms with Crippen LogP contribution in [0.4, 0.5) is 5.69 Å². The highest BCUT2D eigenvalue weighted by atomic mass is 16.1. The molecule has 0 aliphatic heterocycles. The molecule has 28 heavy (non-hydrogen) atoms. The molecule has 4 rings (SSSR count). The number of carbonyl (C=O) groups excluding carboxylic acids is 1. The van der Waals surface area contributed by atoms with Crippen molar-refractivity contribution in [1.29, 1.82) is 0 Å². The summed E-state index contributed by atoms with van der Waals surface area (Å²) in [6.07, 6.45) is 6.75. The zero-order valence-corrected chi connectivity index (χ0v) is 16.1. The summed E-state index contributed by atoms with van der Waals surface area (Å²) in [5.41, 5.74) is 4.96. The Morgan fingerprint density at radius 2 is 1.82 bits per heavy atom. The van der Waals surface area contributed by atoms with Gasteiger partial charge in [-0.3, -0.25) is 14.8 Å². The van der Waals surface area contributed by atoms with Crippen molar-refractivity contribution in [3.05, 3.63) is 66.6 Å². The monoisotopic (exact) mass is 374 g/mol. The number of hydrogen-bond donors (Lipinski definition) is 2. The Labute approximate surface area is 163 Å². The molecule has 0 saturated carbocycles. The maximum Gasteiger partial charge on any atom is 0.230 e. The summed E-state index contributed by atoms with van der Waals surface area (Å²) in [6.45, 7) is 5.86. The first-order valence-electron chi connectivity index (χ1n) is 9.14. The quantitative estimate of drug-likeness (QED) is 0.564. The molecule has 2 N–H and O–H groups in total. The molecule has 1 aromatic carbocycles. The third kappa shape index (κ3) is 4.56. The molecule has 1 amide bonds. The molecule has 7 nitrogen and oxygen atoms in total. The summed E-state index contributed by atoms with van der Waals surface area (Å²) >= 11 is 0. The average molecular weight is 374 g/mol. The van der Waals surface area contributed by atoms with Crippen molar-refractivity contribution in [2.75, 3.05) is 5.32 Å². The van der Waals surface area contributed by atoms with E-state index in [-0.39, 0.29) is 12.3 Å². The van der Waals surface area contributed by atoms with Crippen LogP contribution in [0, 0.1) is 6.92 Å². The molecule has 7 heteroatoms. The number of aromatic amines is 1. The normalized spacial score (nSPS) is 10.2. The maximum atomic E-state index is 12.1. The number of aromatic nitrogens is 5. The molecule has 3 aromatic heterocycles. The van der Waals surface area contributed by atoms with Gasteiger partial charge in [-0.25, -0.2) is 9.97 Å². The second-order valence-corrected chi connectivity index (χ2v) is 5.96. The highest BCUT2D eigenvalue weighted by Crippen LogP contribution is 2.24. The van der Waals surface area contributed by atoms with Gasteiger partial charge in [0.2, 0.25) is 5.91 Å². The number of hydrogen-bond acceptors (Lipinski definition) is 5. The van der Waals surface area contributed by atoms with E-state index in [4.69, 9.17) is 0 Å². The third-order valence-electron chi connectivity index (χ3n) is 3.95. The molecule has 0 atom stereocenters. The summed E-state index contributed by atoms with van der Waals surface area (Å²) in [5, 5.41) is 3.83. The molecule has 0 aliphatic carbocycles. The molecule has 0 spiro atoms. The van der Waals surface area contributed by atoms with Crippen LogP contribution in [0.3, 0.4) is 0 Å². The first-order valence-corrected chi connectivity index (χ1v) is 9.14. The Hall–Kier alpha value is -3.61. The van der Waals surface area contributed by atoms with E-state index in [1.807, 2.05) is 51.1 Å². The van der Waals surface area contributed by atoms with Crippen LogP contribution in [0.25, 0.3) is 22.3 Å². The summed E-state index contributed by atoms with van der Waals surface area (Å²) < 4.78 is 0. The zero-order valence-electron chi connectivity index (χ0n) is 16.1. The fourth-order valence-electron chi connectivity index (χ4n) is 2.64. The van der Waals surface area contributed by atoms with Gasteiger partial charge in [0.05, 0.1) is 17.8 Å². The number of nitrogens with one attached hydrogen (secondary N) is 2. The summed E-state index contributed by atoms with van der Waals surface area (Å²) in [4.78, 5) is 31.9. The molecule has 0 saturated heterocycles. The molecule has 0 fully saturated rings. The van der Waals surface area contributed by atoms with E-state index >= 15 is 0 Å². The molecular weight excluding hydrogens is 352 g/mol. The van der Waals surface area contributed by atoms with Crippen molar-refractivity contribution in [1.82, 2.24) is 24.9 Å². The van der Waals surface area contributed by atoms with Crippen LogP contribution >= 0.6 is 0 Å². The largest absolute Gasteiger partial charge is 0.339 e. The zero-order chi connectivity index (χ0) is 19.9. The Bertz CT molecular complexity index is 1020. The van der Waals surface area contributed by atoms with Crippen LogP contribution in [-0.2, 0) is 11.2 Å². The lowest BCUT2D eigenvalue weighted by molar-refractivity contribution is -0.115. The number of amides is 1. The highest BCUT2D eigenvalue weighted by Gasteiger charge is 2.07. The Balaban J connectivity index is 0.00000109. The van der Waals surface area contributed by atoms with E-state index in [2.05, 4.69) is 30.2 Å². The number of nitrogens with zero attached hydrogens (tertiary/aromatic N) is 4. The van der Waals surface area contributed by atoms with E-state index < -0.39 is 0 Å². The van der Waals surface area contributed by atoms with Gasteiger partial charge in [0.1, 0.15) is 12.0 Å². The van der Waals surface area contributed by atoms with E-state index in [0.717, 1.165) is 33.7 Å². The van der Waals surface area contributed by atoms with Gasteiger partial charge in [-0.2, -0.15) is 0 Å². The van der Waals surface area contributed by atoms with Gasteiger partial charge in [0, 0.05) is 35.4 Å². The van der Waals surface area contributed by atoms with Crippen LogP contribution in [0.1, 0.15) is 25.2 Å². The summed E-state index contributed by atoms with van der Waals surface area (Å²) in [7, 11) is 0. The van der Waals surface area contributed by atoms with Crippen LogP contribution in [-0.4, -0.2) is 30.8 Å². The number of benzene rings is 1. The van der Waals surface area contributed by atoms with Crippen LogP contribution in [0.5, 0.6) is 0 Å². The molecule has 0 aliphatic rings. The first kappa shape index (κ1) is 19.2. The fraction of sp³-hybridized carbons (Fsp3) is 0.190. The first-order chi connectivity index (χ1) is 13.7. The fourth-order valence-corrected chi connectivity index (χ4v) is 2.64. The number of carbonyl (C=O) groups is 1. The second-order valence-electron chi connectivity index (χ2n) is 5.96. The minimum absolute atomic E-state index is 0.128. The minimum atomic E-state index is -0.128. The van der Waals surface area contributed by atoms with E-state index in [1.165, 1.54) is 6.33 Å². The summed E-state index contributed by atoms with van der Waals surface area (Å²) in [5.74, 6) is -0.128. The molecule has 3 heterocycles. The Kier molecular flexibility index (Phi) is 6.06. The van der Waals surface area contributed by atoms with Crippen LogP contribution in [0.15, 0.2) is 55.2 Å². The van der Waals surface area contributed by atoms with E-state index in [1.54, 1.807) is 18.6 Å². The minimum Gasteiger partial charge on any atom is -0.339 e. The molecule has 142 valence electrons. The number of anilines is 1. The number of rotatable bonds is 4. The van der Waals surface area contributed by atoms with Gasteiger partial charge in [0.25, 0.3) is 0 Å². The Morgan fingerprint density at radius 3 is 2.50 bits per heavy atom. The lowest BCUT2D eigenvalue weighted by atomic mass is 10.1. The van der Waals surface area contributed by atoms with E-state index in [0.29, 0.717) is 5.69 Å². The van der Waals surface area contributed by atoms with Gasteiger partial charge in [-0.1, -0.05) is 26.0 Å². The van der Waals surface area contributed by atoms with Gasteiger partial charge >= 0.3 is 0 Å². The van der Waals surface area contributed by atoms with Crippen molar-refractivity contribution >= 4 is 22.6 Å². The molecule has 0 bridgehead atoms. The molecular formula is C21H22N6O. The smallest absolute Gasteiger partial charge is 0.230 e. The highest BCUT2D eigenvalue weighted by molar-refractivity contribution is 5.92. The van der Waals surface area contributed by atoms with Crippen molar-refractivity contribution in [2.24, 2.45) is 0 Å². The van der Waals surface area contributed by atoms with Crippen molar-refractivity contribution < 1.29 is 4.79 Å². The lowest BCUT2D eigenvalue weighted by Gasteiger charge is -2.06. The maximum absolute atomic E-state index is 12.1. The van der Waals surface area contributed by atoms with Gasteiger partial charge in [-0.05, 0) is 30.7 Å². The molecule has 0 unspecified atom stereocenters. The number of H-pyrrole nitrogens is 1. The van der Waals surface area contributed by atoms with Crippen molar-refractivity contribution in [2.45, 2.75) is 27.2 Å². The van der Waals surface area contributed by atoms with Gasteiger partial charge in [0.15, 0.2) is 0 Å². The van der Waals surface area contributed by atoms with Crippen LogP contribution in [0.2, 0.25) is 0 Å². The number of aryl methyl sites for hydroxylation is 1. The molecule has 4 aromatic rings. The van der Waals surface area contributed by atoms with Gasteiger partial charge in [-0.15, -0.1) is 0 Å². The van der Waals surface area contributed by atoms with Crippen LogP contribution < -0.4 is 5.32 Å². The predicted molar refractivity (Wildman–Crippen MR) is 110 cm³/mol. The summed E-state index contributed by atoms with van der Waals surface area (Å²) in [6, 6.07) is 9.62. The molecule has 0 radical (unpaired) electrons. The SMILES string of the molecule is CC.Cc1cnc(CC(=O)Nc2ccc(-c3cc4cncnc4[nH]3)cc2)cn1. The lowest BCUT2D eigenvalue weighted by Crippen LogP contribution is -2.15. The van der Waals surface area contributed by atoms with E-state index in [9.17, 15) is 4.79 Å². The predicted octanol–water partition coefficient (Wildman–Crippen LogP) is 3.93. The standard InChI is InChI=1S/C19H16N6O.C2H6/c1-12-8-22-16(10-21-12)7-18(26)24-15-4-2-13(3-5-15)17-6-14-9-20-11-23-19(14)25-17;1-2/h2-6,8-11H,7H2,1H3,(H,24,26)(H,20,23,25);1-2H3. The second kappa shape index (κ2) is 8.85. The van der Waals surface area contributed by atoms with Gasteiger partial charge < -0.3 is 10.3 Å². The third-order valence-corrected chi connectivity index (χ3v) is 3.95. The van der Waals surface area contributed by atoms with Crippen molar-refractivity contribution in [3.63, 3.8) is 0 Å². The Morgan fingerprint density at radius 1 is 1.04 bits per heavy atom. The number of fused-ring (bicyclic) bond motifs is 1.